The summed E-state index contributed by atoms with van der Waals surface area (Å²) in [6, 6.07) is 9.47. The molecule has 0 spiro atoms. The Morgan fingerprint density at radius 3 is 2.56 bits per heavy atom. The van der Waals surface area contributed by atoms with Crippen molar-refractivity contribution < 1.29 is 18.0 Å². The number of halogens is 4. The zero-order valence-electron chi connectivity index (χ0n) is 14.1. The van der Waals surface area contributed by atoms with E-state index in [1.54, 1.807) is 43.5 Å². The summed E-state index contributed by atoms with van der Waals surface area (Å²) in [6.45, 7) is 0. The van der Waals surface area contributed by atoms with Crippen LogP contribution in [0.4, 0.5) is 19.0 Å². The lowest BCUT2D eigenvalue weighted by Gasteiger charge is -2.15. The van der Waals surface area contributed by atoms with Gasteiger partial charge in [-0.25, -0.2) is 4.52 Å². The molecule has 1 N–H and O–H groups in total. The highest BCUT2D eigenvalue weighted by Gasteiger charge is 2.34. The van der Waals surface area contributed by atoms with Crippen molar-refractivity contribution in [3.05, 3.63) is 59.3 Å². The number of anilines is 1. The average Bonchev–Trinajstić information content (AvgIpc) is 3.09. The molecule has 3 aromatic rings. The molecule has 0 saturated carbocycles. The number of hydrogen-bond donors (Lipinski definition) is 1. The third-order valence-electron chi connectivity index (χ3n) is 4.52. The molecule has 0 aliphatic heterocycles. The van der Waals surface area contributed by atoms with Crippen LogP contribution >= 0.6 is 11.6 Å². The van der Waals surface area contributed by atoms with Crippen molar-refractivity contribution in [3.8, 4) is 11.1 Å². The van der Waals surface area contributed by atoms with Crippen LogP contribution in [0.2, 0.25) is 0 Å². The van der Waals surface area contributed by atoms with E-state index < -0.39 is 11.9 Å². The van der Waals surface area contributed by atoms with Crippen LogP contribution in [0.1, 0.15) is 28.0 Å². The van der Waals surface area contributed by atoms with Gasteiger partial charge in [0.2, 0.25) is 0 Å². The highest BCUT2D eigenvalue weighted by Crippen LogP contribution is 2.37. The highest BCUT2D eigenvalue weighted by atomic mass is 35.5. The van der Waals surface area contributed by atoms with Crippen LogP contribution in [0.5, 0.6) is 0 Å². The minimum absolute atomic E-state index is 0.0414. The maximum Gasteiger partial charge on any atom is 0.435 e. The first-order valence-corrected chi connectivity index (χ1v) is 8.49. The number of ketones is 1. The number of benzene rings is 1. The number of Topliss-reactive ketones (excluding diaryl/α,β-unsaturated/α-hetero) is 1. The molecule has 4 nitrogen and oxygen atoms in total. The van der Waals surface area contributed by atoms with Crippen LogP contribution in [0.3, 0.4) is 0 Å². The lowest BCUT2D eigenvalue weighted by molar-refractivity contribution is -0.141. The number of carbonyl (C=O) groups is 1. The molecule has 4 rings (SSSR count). The number of fused-ring (bicyclic) bond motifs is 2. The summed E-state index contributed by atoms with van der Waals surface area (Å²) in [7, 11) is 1.61. The number of rotatable bonds is 2. The van der Waals surface area contributed by atoms with Gasteiger partial charge in [0.05, 0.1) is 5.52 Å². The number of allylic oxidation sites excluding steroid dienone is 1. The van der Waals surface area contributed by atoms with Crippen molar-refractivity contribution >= 4 is 33.8 Å². The SMILES string of the molecule is CNc1ccc(-c2ccc3c(c2)C(Cl)=CCC3=O)c2cc(C(F)(F)F)nn12. The molecule has 2 aromatic heterocycles. The Bertz CT molecular complexity index is 1120. The summed E-state index contributed by atoms with van der Waals surface area (Å²) in [6.07, 6.45) is -2.68. The molecule has 0 fully saturated rings. The van der Waals surface area contributed by atoms with Gasteiger partial charge in [0, 0.05) is 35.2 Å². The lowest BCUT2D eigenvalue weighted by Crippen LogP contribution is -2.07. The average molecular weight is 392 g/mol. The topological polar surface area (TPSA) is 46.4 Å². The summed E-state index contributed by atoms with van der Waals surface area (Å²) < 4.78 is 40.7. The Labute approximate surface area is 157 Å². The van der Waals surface area contributed by atoms with Crippen LogP contribution in [0, 0.1) is 0 Å². The second-order valence-corrected chi connectivity index (χ2v) is 6.55. The van der Waals surface area contributed by atoms with Crippen LogP contribution in [0.15, 0.2) is 42.5 Å². The third kappa shape index (κ3) is 2.88. The van der Waals surface area contributed by atoms with Crippen molar-refractivity contribution in [2.45, 2.75) is 12.6 Å². The van der Waals surface area contributed by atoms with E-state index in [-0.39, 0.29) is 12.2 Å². The van der Waals surface area contributed by atoms with E-state index in [0.717, 1.165) is 6.07 Å². The van der Waals surface area contributed by atoms with Gasteiger partial charge in [0.15, 0.2) is 11.5 Å². The first-order chi connectivity index (χ1) is 12.8. The fraction of sp³-hybridized carbons (Fsp3) is 0.158. The smallest absolute Gasteiger partial charge is 0.373 e. The number of pyridine rings is 1. The van der Waals surface area contributed by atoms with Gasteiger partial charge in [-0.1, -0.05) is 29.8 Å². The first kappa shape index (κ1) is 17.6. The van der Waals surface area contributed by atoms with Crippen molar-refractivity contribution in [2.24, 2.45) is 0 Å². The fourth-order valence-electron chi connectivity index (χ4n) is 3.20. The number of nitrogens with zero attached hydrogens (tertiary/aromatic N) is 2. The lowest BCUT2D eigenvalue weighted by atomic mass is 9.92. The number of hydrogen-bond acceptors (Lipinski definition) is 3. The minimum Gasteiger partial charge on any atom is -0.373 e. The van der Waals surface area contributed by atoms with Gasteiger partial charge >= 0.3 is 6.18 Å². The molecular formula is C19H13ClF3N3O. The molecule has 1 aromatic carbocycles. The van der Waals surface area contributed by atoms with Crippen LogP contribution < -0.4 is 5.32 Å². The second kappa shape index (κ2) is 6.13. The summed E-state index contributed by atoms with van der Waals surface area (Å²) >= 11 is 6.23. The van der Waals surface area contributed by atoms with Crippen molar-refractivity contribution in [3.63, 3.8) is 0 Å². The maximum absolute atomic E-state index is 13.2. The monoisotopic (exact) mass is 391 g/mol. The van der Waals surface area contributed by atoms with Gasteiger partial charge < -0.3 is 5.32 Å². The van der Waals surface area contributed by atoms with Gasteiger partial charge in [-0.3, -0.25) is 4.79 Å². The molecule has 138 valence electrons. The Balaban J connectivity index is 1.95. The van der Waals surface area contributed by atoms with Gasteiger partial charge in [-0.2, -0.15) is 18.3 Å². The summed E-state index contributed by atoms with van der Waals surface area (Å²) in [4.78, 5) is 12.0. The minimum atomic E-state index is -4.55. The zero-order chi connectivity index (χ0) is 19.3. The third-order valence-corrected chi connectivity index (χ3v) is 4.88. The normalized spacial score (nSPS) is 14.3. The standard InChI is InChI=1S/C19H13ClF3N3O/c1-24-18-7-4-11(15-9-17(19(21,22)23)25-26(15)18)10-2-3-12-13(8-10)14(20)5-6-16(12)27/h2-5,7-9,24H,6H2,1H3. The van der Waals surface area contributed by atoms with E-state index in [1.165, 1.54) is 4.52 Å². The molecule has 0 amide bonds. The Hall–Kier alpha value is -2.80. The summed E-state index contributed by atoms with van der Waals surface area (Å²) in [5.41, 5.74) is 1.63. The first-order valence-electron chi connectivity index (χ1n) is 8.11. The molecule has 0 bridgehead atoms. The fourth-order valence-corrected chi connectivity index (χ4v) is 3.43. The number of aromatic nitrogens is 2. The maximum atomic E-state index is 13.2. The van der Waals surface area contributed by atoms with Gasteiger partial charge in [0.25, 0.3) is 0 Å². The van der Waals surface area contributed by atoms with Gasteiger partial charge in [-0.15, -0.1) is 0 Å². The Kier molecular flexibility index (Phi) is 3.99. The number of alkyl halides is 3. The van der Waals surface area contributed by atoms with E-state index in [9.17, 15) is 18.0 Å². The van der Waals surface area contributed by atoms with Crippen LogP contribution in [-0.2, 0) is 6.18 Å². The molecule has 0 saturated heterocycles. The van der Waals surface area contributed by atoms with Crippen LogP contribution in [-0.4, -0.2) is 22.4 Å². The second-order valence-electron chi connectivity index (χ2n) is 6.15. The van der Waals surface area contributed by atoms with E-state index in [2.05, 4.69) is 10.4 Å². The summed E-state index contributed by atoms with van der Waals surface area (Å²) in [5.74, 6) is 0.385. The van der Waals surface area contributed by atoms with E-state index >= 15 is 0 Å². The van der Waals surface area contributed by atoms with E-state index in [4.69, 9.17) is 11.6 Å². The molecule has 27 heavy (non-hydrogen) atoms. The quantitative estimate of drug-likeness (QED) is 0.650. The number of carbonyl (C=O) groups excluding carboxylic acids is 1. The van der Waals surface area contributed by atoms with Crippen molar-refractivity contribution in [1.82, 2.24) is 9.61 Å². The van der Waals surface area contributed by atoms with E-state index in [1.807, 2.05) is 0 Å². The predicted molar refractivity (Wildman–Crippen MR) is 98.0 cm³/mol. The van der Waals surface area contributed by atoms with Gasteiger partial charge in [0.1, 0.15) is 5.82 Å². The molecule has 0 radical (unpaired) electrons. The number of nitrogens with one attached hydrogen (secondary N) is 1. The van der Waals surface area contributed by atoms with Gasteiger partial charge in [-0.05, 0) is 29.8 Å². The Morgan fingerprint density at radius 1 is 1.11 bits per heavy atom. The highest BCUT2D eigenvalue weighted by molar-refractivity contribution is 6.50. The molecular weight excluding hydrogens is 379 g/mol. The largest absolute Gasteiger partial charge is 0.435 e. The van der Waals surface area contributed by atoms with Crippen molar-refractivity contribution in [1.29, 1.82) is 0 Å². The van der Waals surface area contributed by atoms with Crippen LogP contribution in [0.25, 0.3) is 21.7 Å². The molecule has 1 aliphatic carbocycles. The predicted octanol–water partition coefficient (Wildman–Crippen LogP) is 5.23. The molecule has 1 aliphatic rings. The molecule has 2 heterocycles. The molecule has 8 heteroatoms. The molecule has 0 atom stereocenters. The Morgan fingerprint density at radius 2 is 1.85 bits per heavy atom. The summed E-state index contributed by atoms with van der Waals surface area (Å²) in [5, 5.41) is 6.98. The molecule has 0 unspecified atom stereocenters. The zero-order valence-corrected chi connectivity index (χ0v) is 14.8. The van der Waals surface area contributed by atoms with E-state index in [0.29, 0.717) is 38.6 Å². The van der Waals surface area contributed by atoms with Crippen molar-refractivity contribution in [2.75, 3.05) is 12.4 Å².